The van der Waals surface area contributed by atoms with E-state index >= 15 is 0 Å². The number of hydrogen-bond acceptors (Lipinski definition) is 3. The smallest absolute Gasteiger partial charge is 0.314 e. The number of carbonyl (C=O) groups is 2. The highest BCUT2D eigenvalue weighted by atomic mass is 16.4. The number of aliphatic carboxylic acids is 1. The summed E-state index contributed by atoms with van der Waals surface area (Å²) in [4.78, 5) is 21.3. The van der Waals surface area contributed by atoms with Crippen molar-refractivity contribution >= 4 is 12.0 Å². The number of aliphatic hydroxyl groups is 1. The van der Waals surface area contributed by atoms with Crippen molar-refractivity contribution in [3.05, 3.63) is 0 Å². The largest absolute Gasteiger partial charge is 0.481 e. The van der Waals surface area contributed by atoms with Crippen LogP contribution >= 0.6 is 0 Å². The van der Waals surface area contributed by atoms with Crippen LogP contribution in [0.15, 0.2) is 0 Å². The zero-order valence-electron chi connectivity index (χ0n) is 9.75. The van der Waals surface area contributed by atoms with Gasteiger partial charge < -0.3 is 20.8 Å². The van der Waals surface area contributed by atoms with Crippen LogP contribution in [0.25, 0.3) is 0 Å². The molecule has 2 amide bonds. The Balaban J connectivity index is 3.56. The summed E-state index contributed by atoms with van der Waals surface area (Å²) in [5, 5.41) is 23.0. The molecule has 94 valence electrons. The van der Waals surface area contributed by atoms with Crippen LogP contribution in [0.1, 0.15) is 33.1 Å². The van der Waals surface area contributed by atoms with Crippen molar-refractivity contribution in [1.29, 1.82) is 0 Å². The van der Waals surface area contributed by atoms with Gasteiger partial charge in [-0.2, -0.15) is 0 Å². The normalized spacial score (nSPS) is 13.9. The van der Waals surface area contributed by atoms with Crippen molar-refractivity contribution < 1.29 is 19.8 Å². The molecule has 0 saturated carbocycles. The fourth-order valence-electron chi connectivity index (χ4n) is 0.900. The summed E-state index contributed by atoms with van der Waals surface area (Å²) in [5.74, 6) is -0.879. The van der Waals surface area contributed by atoms with Gasteiger partial charge in [0.05, 0.1) is 5.60 Å². The standard InChI is InChI=1S/C10H20N2O4/c1-3-10(2,16)7-12-9(15)11-6-4-5-8(13)14/h16H,3-7H2,1-2H3,(H,13,14)(H2,11,12,15). The molecular weight excluding hydrogens is 212 g/mol. The molecule has 0 spiro atoms. The molecule has 0 aliphatic carbocycles. The molecule has 0 saturated heterocycles. The second-order valence-corrected chi connectivity index (χ2v) is 3.96. The summed E-state index contributed by atoms with van der Waals surface area (Å²) >= 11 is 0. The summed E-state index contributed by atoms with van der Waals surface area (Å²) in [6.07, 6.45) is 0.978. The molecule has 1 unspecified atom stereocenters. The summed E-state index contributed by atoms with van der Waals surface area (Å²) in [5.41, 5.74) is -0.904. The number of amides is 2. The lowest BCUT2D eigenvalue weighted by Gasteiger charge is -2.21. The first-order chi connectivity index (χ1) is 7.37. The molecule has 0 heterocycles. The van der Waals surface area contributed by atoms with Crippen molar-refractivity contribution in [3.8, 4) is 0 Å². The third-order valence-corrected chi connectivity index (χ3v) is 2.24. The lowest BCUT2D eigenvalue weighted by molar-refractivity contribution is -0.137. The van der Waals surface area contributed by atoms with Gasteiger partial charge in [0.1, 0.15) is 0 Å². The number of rotatable bonds is 7. The minimum atomic E-state index is -0.904. The maximum Gasteiger partial charge on any atom is 0.314 e. The molecule has 1 atom stereocenters. The first-order valence-corrected chi connectivity index (χ1v) is 5.33. The van der Waals surface area contributed by atoms with Crippen LogP contribution in [-0.2, 0) is 4.79 Å². The van der Waals surface area contributed by atoms with Gasteiger partial charge in [0.25, 0.3) is 0 Å². The Hall–Kier alpha value is -1.30. The Labute approximate surface area is 95.0 Å². The molecule has 0 bridgehead atoms. The van der Waals surface area contributed by atoms with E-state index < -0.39 is 11.6 Å². The molecule has 6 heteroatoms. The monoisotopic (exact) mass is 232 g/mol. The number of carbonyl (C=O) groups excluding carboxylic acids is 1. The SMILES string of the molecule is CCC(C)(O)CNC(=O)NCCCC(=O)O. The predicted molar refractivity (Wildman–Crippen MR) is 59.2 cm³/mol. The molecule has 0 aliphatic heterocycles. The Morgan fingerprint density at radius 3 is 2.44 bits per heavy atom. The second-order valence-electron chi connectivity index (χ2n) is 3.96. The first-order valence-electron chi connectivity index (χ1n) is 5.33. The maximum absolute atomic E-state index is 11.2. The summed E-state index contributed by atoms with van der Waals surface area (Å²) in [6.45, 7) is 3.95. The van der Waals surface area contributed by atoms with Gasteiger partial charge in [-0.05, 0) is 19.8 Å². The zero-order chi connectivity index (χ0) is 12.6. The number of hydrogen-bond donors (Lipinski definition) is 4. The fourth-order valence-corrected chi connectivity index (χ4v) is 0.900. The third kappa shape index (κ3) is 8.05. The second kappa shape index (κ2) is 7.05. The Morgan fingerprint density at radius 2 is 1.94 bits per heavy atom. The summed E-state index contributed by atoms with van der Waals surface area (Å²) in [6, 6.07) is -0.390. The highest BCUT2D eigenvalue weighted by molar-refractivity contribution is 5.74. The lowest BCUT2D eigenvalue weighted by atomic mass is 10.0. The van der Waals surface area contributed by atoms with E-state index in [9.17, 15) is 14.7 Å². The Bertz CT molecular complexity index is 241. The van der Waals surface area contributed by atoms with E-state index in [1.165, 1.54) is 0 Å². The molecule has 6 nitrogen and oxygen atoms in total. The number of carboxylic acids is 1. The predicted octanol–water partition coefficient (Wildman–Crippen LogP) is 0.311. The molecule has 0 fully saturated rings. The molecule has 0 rings (SSSR count). The van der Waals surface area contributed by atoms with Crippen LogP contribution in [0.2, 0.25) is 0 Å². The number of urea groups is 1. The highest BCUT2D eigenvalue weighted by Crippen LogP contribution is 2.05. The van der Waals surface area contributed by atoms with Crippen LogP contribution in [0, 0.1) is 0 Å². The average Bonchev–Trinajstić information content (AvgIpc) is 2.21. The van der Waals surface area contributed by atoms with E-state index in [0.29, 0.717) is 19.4 Å². The third-order valence-electron chi connectivity index (χ3n) is 2.24. The van der Waals surface area contributed by atoms with E-state index in [2.05, 4.69) is 10.6 Å². The summed E-state index contributed by atoms with van der Waals surface area (Å²) in [7, 11) is 0. The van der Waals surface area contributed by atoms with Crippen molar-refractivity contribution in [2.24, 2.45) is 0 Å². The van der Waals surface area contributed by atoms with Crippen LogP contribution < -0.4 is 10.6 Å². The van der Waals surface area contributed by atoms with Crippen molar-refractivity contribution in [1.82, 2.24) is 10.6 Å². The zero-order valence-corrected chi connectivity index (χ0v) is 9.75. The van der Waals surface area contributed by atoms with Crippen molar-refractivity contribution in [3.63, 3.8) is 0 Å². The lowest BCUT2D eigenvalue weighted by Crippen LogP contribution is -2.44. The summed E-state index contributed by atoms with van der Waals surface area (Å²) < 4.78 is 0. The van der Waals surface area contributed by atoms with Crippen LogP contribution in [0.4, 0.5) is 4.79 Å². The van der Waals surface area contributed by atoms with Gasteiger partial charge in [-0.1, -0.05) is 6.92 Å². The van der Waals surface area contributed by atoms with E-state index in [4.69, 9.17) is 5.11 Å². The number of nitrogens with one attached hydrogen (secondary N) is 2. The maximum atomic E-state index is 11.2. The van der Waals surface area contributed by atoms with Crippen molar-refractivity contribution in [2.75, 3.05) is 13.1 Å². The molecule has 0 aliphatic rings. The number of carboxylic acid groups (broad SMARTS) is 1. The molecule has 0 aromatic heterocycles. The topological polar surface area (TPSA) is 98.7 Å². The molecule has 0 radical (unpaired) electrons. The van der Waals surface area contributed by atoms with Gasteiger partial charge in [0, 0.05) is 19.5 Å². The van der Waals surface area contributed by atoms with Crippen LogP contribution in [0.3, 0.4) is 0 Å². The highest BCUT2D eigenvalue weighted by Gasteiger charge is 2.17. The van der Waals surface area contributed by atoms with Gasteiger partial charge in [0.15, 0.2) is 0 Å². The van der Waals surface area contributed by atoms with Gasteiger partial charge in [0.2, 0.25) is 0 Å². The quantitative estimate of drug-likeness (QED) is 0.475. The Morgan fingerprint density at radius 1 is 1.31 bits per heavy atom. The van der Waals surface area contributed by atoms with Crippen molar-refractivity contribution in [2.45, 2.75) is 38.7 Å². The van der Waals surface area contributed by atoms with Gasteiger partial charge in [-0.25, -0.2) is 4.79 Å². The van der Waals surface area contributed by atoms with E-state index in [0.717, 1.165) is 0 Å². The first kappa shape index (κ1) is 14.7. The van der Waals surface area contributed by atoms with Gasteiger partial charge in [-0.15, -0.1) is 0 Å². The van der Waals surface area contributed by atoms with Crippen LogP contribution in [0.5, 0.6) is 0 Å². The van der Waals surface area contributed by atoms with Gasteiger partial charge >= 0.3 is 12.0 Å². The van der Waals surface area contributed by atoms with Gasteiger partial charge in [-0.3, -0.25) is 4.79 Å². The van der Waals surface area contributed by atoms with E-state index in [1.807, 2.05) is 6.92 Å². The van der Waals surface area contributed by atoms with E-state index in [-0.39, 0.29) is 19.0 Å². The minimum Gasteiger partial charge on any atom is -0.481 e. The molecule has 16 heavy (non-hydrogen) atoms. The fraction of sp³-hybridized carbons (Fsp3) is 0.800. The molecular formula is C10H20N2O4. The van der Waals surface area contributed by atoms with E-state index in [1.54, 1.807) is 6.92 Å². The molecule has 4 N–H and O–H groups in total. The average molecular weight is 232 g/mol. The Kier molecular flexibility index (Phi) is 6.48. The molecule has 0 aromatic rings. The minimum absolute atomic E-state index is 0.0347. The van der Waals surface area contributed by atoms with Crippen LogP contribution in [-0.4, -0.2) is 40.9 Å². The molecule has 0 aromatic carbocycles.